The minimum Gasteiger partial charge on any atom is -0.325 e. The zero-order valence-corrected chi connectivity index (χ0v) is 8.43. The van der Waals surface area contributed by atoms with Crippen LogP contribution in [0.4, 0.5) is 0 Å². The number of nitrogens with two attached hydrogens (primary N) is 1. The lowest BCUT2D eigenvalue weighted by molar-refractivity contribution is 0.671. The number of rotatable bonds is 2. The summed E-state index contributed by atoms with van der Waals surface area (Å²) < 4.78 is 0. The van der Waals surface area contributed by atoms with Gasteiger partial charge in [0.25, 0.3) is 0 Å². The van der Waals surface area contributed by atoms with Gasteiger partial charge in [-0.3, -0.25) is 0 Å². The van der Waals surface area contributed by atoms with Crippen LogP contribution in [0.2, 0.25) is 5.15 Å². The Labute approximate surface area is 83.1 Å². The van der Waals surface area contributed by atoms with Crippen molar-refractivity contribution < 1.29 is 0 Å². The van der Waals surface area contributed by atoms with Crippen molar-refractivity contribution in [3.05, 3.63) is 28.5 Å². The first-order chi connectivity index (χ1) is 6.07. The summed E-state index contributed by atoms with van der Waals surface area (Å²) in [5.74, 6) is 0. The highest BCUT2D eigenvalue weighted by Crippen LogP contribution is 2.35. The topological polar surface area (TPSA) is 38.9 Å². The fourth-order valence-corrected chi connectivity index (χ4v) is 1.82. The van der Waals surface area contributed by atoms with Gasteiger partial charge >= 0.3 is 0 Å². The molecule has 0 radical (unpaired) electrons. The number of halogens is 1. The van der Waals surface area contributed by atoms with Crippen molar-refractivity contribution in [1.29, 1.82) is 0 Å². The van der Waals surface area contributed by atoms with Gasteiger partial charge in [-0.15, -0.1) is 0 Å². The van der Waals surface area contributed by atoms with Crippen molar-refractivity contribution in [2.24, 2.45) is 5.73 Å². The summed E-state index contributed by atoms with van der Waals surface area (Å²) in [6.45, 7) is 1.95. The van der Waals surface area contributed by atoms with Crippen molar-refractivity contribution in [2.45, 2.75) is 31.7 Å². The normalized spacial score (nSPS) is 18.7. The first-order valence-corrected chi connectivity index (χ1v) is 4.87. The third-order valence-corrected chi connectivity index (χ3v) is 2.62. The standard InChI is InChI=1S/C10H13ClN2/c1-7-4-8(5-9(11)13-7)6-10(12)2-3-10/h4-5H,2-3,6,12H2,1H3. The van der Waals surface area contributed by atoms with Crippen LogP contribution in [0.3, 0.4) is 0 Å². The predicted molar refractivity (Wildman–Crippen MR) is 53.8 cm³/mol. The molecule has 2 N–H and O–H groups in total. The third kappa shape index (κ3) is 2.20. The maximum atomic E-state index is 6.02. The molecule has 3 heteroatoms. The largest absolute Gasteiger partial charge is 0.325 e. The summed E-state index contributed by atoms with van der Waals surface area (Å²) in [6.07, 6.45) is 3.19. The molecule has 0 spiro atoms. The molecule has 1 saturated carbocycles. The third-order valence-electron chi connectivity index (χ3n) is 2.43. The number of pyridine rings is 1. The van der Waals surface area contributed by atoms with E-state index in [2.05, 4.69) is 11.1 Å². The zero-order valence-electron chi connectivity index (χ0n) is 7.68. The van der Waals surface area contributed by atoms with E-state index in [1.54, 1.807) is 0 Å². The molecule has 0 aliphatic heterocycles. The van der Waals surface area contributed by atoms with Crippen LogP contribution in [0.15, 0.2) is 12.1 Å². The van der Waals surface area contributed by atoms with E-state index in [9.17, 15) is 0 Å². The lowest BCUT2D eigenvalue weighted by Crippen LogP contribution is -2.24. The van der Waals surface area contributed by atoms with Gasteiger partial charge in [0.2, 0.25) is 0 Å². The molecule has 1 heterocycles. The van der Waals surface area contributed by atoms with E-state index in [-0.39, 0.29) is 5.54 Å². The summed E-state index contributed by atoms with van der Waals surface area (Å²) in [5.41, 5.74) is 8.24. The first-order valence-electron chi connectivity index (χ1n) is 4.49. The van der Waals surface area contributed by atoms with Crippen molar-refractivity contribution in [2.75, 3.05) is 0 Å². The Morgan fingerprint density at radius 2 is 2.23 bits per heavy atom. The van der Waals surface area contributed by atoms with Gasteiger partial charge in [-0.25, -0.2) is 4.98 Å². The lowest BCUT2D eigenvalue weighted by atomic mass is 10.1. The fraction of sp³-hybridized carbons (Fsp3) is 0.500. The number of hydrogen-bond donors (Lipinski definition) is 1. The van der Waals surface area contributed by atoms with Gasteiger partial charge < -0.3 is 5.73 Å². The quantitative estimate of drug-likeness (QED) is 0.736. The summed E-state index contributed by atoms with van der Waals surface area (Å²) in [6, 6.07) is 3.96. The smallest absolute Gasteiger partial charge is 0.129 e. The first kappa shape index (κ1) is 8.97. The van der Waals surface area contributed by atoms with Gasteiger partial charge in [-0.05, 0) is 43.9 Å². The van der Waals surface area contributed by atoms with Crippen LogP contribution in [0.1, 0.15) is 24.1 Å². The second-order valence-electron chi connectivity index (χ2n) is 3.98. The molecule has 1 aliphatic rings. The molecule has 2 nitrogen and oxygen atoms in total. The molecule has 0 atom stereocenters. The molecule has 1 aromatic heterocycles. The molecule has 13 heavy (non-hydrogen) atoms. The van der Waals surface area contributed by atoms with Gasteiger partial charge in [0.05, 0.1) is 0 Å². The summed E-state index contributed by atoms with van der Waals surface area (Å²) in [5, 5.41) is 0.569. The van der Waals surface area contributed by atoms with E-state index < -0.39 is 0 Å². The van der Waals surface area contributed by atoms with Crippen LogP contribution < -0.4 is 5.73 Å². The van der Waals surface area contributed by atoms with Gasteiger partial charge in [-0.1, -0.05) is 11.6 Å². The van der Waals surface area contributed by atoms with E-state index in [0.29, 0.717) is 5.15 Å². The van der Waals surface area contributed by atoms with Crippen LogP contribution in [0, 0.1) is 6.92 Å². The van der Waals surface area contributed by atoms with Gasteiger partial charge in [0.1, 0.15) is 5.15 Å². The summed E-state index contributed by atoms with van der Waals surface area (Å²) >= 11 is 5.85. The maximum absolute atomic E-state index is 6.02. The Kier molecular flexibility index (Phi) is 2.05. The van der Waals surface area contributed by atoms with Crippen LogP contribution in [0.5, 0.6) is 0 Å². The van der Waals surface area contributed by atoms with Crippen molar-refractivity contribution >= 4 is 11.6 Å². The van der Waals surface area contributed by atoms with Gasteiger partial charge in [0.15, 0.2) is 0 Å². The molecule has 0 unspecified atom stereocenters. The summed E-state index contributed by atoms with van der Waals surface area (Å²) in [7, 11) is 0. The highest BCUT2D eigenvalue weighted by atomic mass is 35.5. The van der Waals surface area contributed by atoms with Gasteiger partial charge in [-0.2, -0.15) is 0 Å². The molecule has 0 saturated heterocycles. The molecular formula is C10H13ClN2. The molecule has 1 fully saturated rings. The highest BCUT2D eigenvalue weighted by molar-refractivity contribution is 6.29. The number of aromatic nitrogens is 1. The number of nitrogens with zero attached hydrogens (tertiary/aromatic N) is 1. The van der Waals surface area contributed by atoms with E-state index >= 15 is 0 Å². The Balaban J connectivity index is 2.20. The SMILES string of the molecule is Cc1cc(CC2(N)CC2)cc(Cl)n1. The number of aryl methyl sites for hydroxylation is 1. The van der Waals surface area contributed by atoms with E-state index in [0.717, 1.165) is 25.0 Å². The molecule has 1 aliphatic carbocycles. The Bertz CT molecular complexity index is 311. The van der Waals surface area contributed by atoms with E-state index in [1.165, 1.54) is 5.56 Å². The van der Waals surface area contributed by atoms with Crippen LogP contribution in [-0.4, -0.2) is 10.5 Å². The minimum absolute atomic E-state index is 0.0527. The second kappa shape index (κ2) is 2.96. The molecular weight excluding hydrogens is 184 g/mol. The molecule has 1 aromatic rings. The Morgan fingerprint density at radius 1 is 1.54 bits per heavy atom. The molecule has 0 bridgehead atoms. The average Bonchev–Trinajstić information content (AvgIpc) is 2.64. The van der Waals surface area contributed by atoms with E-state index in [1.807, 2.05) is 13.0 Å². The van der Waals surface area contributed by atoms with E-state index in [4.69, 9.17) is 17.3 Å². The van der Waals surface area contributed by atoms with Crippen LogP contribution in [0.25, 0.3) is 0 Å². The molecule has 2 rings (SSSR count). The highest BCUT2D eigenvalue weighted by Gasteiger charge is 2.37. The Morgan fingerprint density at radius 3 is 2.77 bits per heavy atom. The molecule has 70 valence electrons. The fourth-order valence-electron chi connectivity index (χ4n) is 1.54. The van der Waals surface area contributed by atoms with Gasteiger partial charge in [0, 0.05) is 11.2 Å². The lowest BCUT2D eigenvalue weighted by Gasteiger charge is -2.08. The van der Waals surface area contributed by atoms with Crippen molar-refractivity contribution in [3.8, 4) is 0 Å². The second-order valence-corrected chi connectivity index (χ2v) is 4.37. The van der Waals surface area contributed by atoms with Crippen LogP contribution >= 0.6 is 11.6 Å². The van der Waals surface area contributed by atoms with Crippen molar-refractivity contribution in [3.63, 3.8) is 0 Å². The van der Waals surface area contributed by atoms with Crippen LogP contribution in [-0.2, 0) is 6.42 Å². The monoisotopic (exact) mass is 196 g/mol. The Hall–Kier alpha value is -0.600. The average molecular weight is 197 g/mol. The zero-order chi connectivity index (χ0) is 9.47. The maximum Gasteiger partial charge on any atom is 0.129 e. The van der Waals surface area contributed by atoms with Crippen molar-refractivity contribution in [1.82, 2.24) is 4.98 Å². The summed E-state index contributed by atoms with van der Waals surface area (Å²) in [4.78, 5) is 4.11. The predicted octanol–water partition coefficient (Wildman–Crippen LogP) is 2.08. The number of hydrogen-bond acceptors (Lipinski definition) is 2. The molecule has 0 amide bonds. The molecule has 0 aromatic carbocycles. The minimum atomic E-state index is 0.0527.